The lowest BCUT2D eigenvalue weighted by Gasteiger charge is -2.37. The molecule has 0 radical (unpaired) electrons. The summed E-state index contributed by atoms with van der Waals surface area (Å²) in [6.07, 6.45) is 4.22. The number of anilines is 2. The fourth-order valence-electron chi connectivity index (χ4n) is 3.76. The van der Waals surface area contributed by atoms with Crippen molar-refractivity contribution in [1.29, 1.82) is 0 Å². The van der Waals surface area contributed by atoms with Gasteiger partial charge in [-0.25, -0.2) is 4.98 Å². The van der Waals surface area contributed by atoms with Crippen LogP contribution >= 0.6 is 27.3 Å². The molecule has 2 saturated heterocycles. The Balaban J connectivity index is 1.34. The van der Waals surface area contributed by atoms with Gasteiger partial charge >= 0.3 is 0 Å². The number of nitrogens with zero attached hydrogens (tertiary/aromatic N) is 5. The molecule has 0 spiro atoms. The number of aromatic nitrogens is 2. The van der Waals surface area contributed by atoms with E-state index in [1.165, 1.54) is 22.2 Å². The third kappa shape index (κ3) is 4.80. The van der Waals surface area contributed by atoms with E-state index in [0.29, 0.717) is 6.04 Å². The Morgan fingerprint density at radius 3 is 2.74 bits per heavy atom. The van der Waals surface area contributed by atoms with Gasteiger partial charge < -0.3 is 14.5 Å². The second kappa shape index (κ2) is 8.86. The summed E-state index contributed by atoms with van der Waals surface area (Å²) in [4.78, 5) is 17.8. The summed E-state index contributed by atoms with van der Waals surface area (Å²) in [7, 11) is 2.17. The summed E-state index contributed by atoms with van der Waals surface area (Å²) in [5, 5.41) is 2.16. The molecule has 0 amide bonds. The SMILES string of the molecule is CN(c1ccnc(N2CCOCC2)n1)C1CCN(Cc2cc(Br)cs2)CC1. The molecule has 0 N–H and O–H groups in total. The minimum atomic E-state index is 0.531. The van der Waals surface area contributed by atoms with Crippen molar-refractivity contribution in [1.82, 2.24) is 14.9 Å². The van der Waals surface area contributed by atoms with Gasteiger partial charge in [-0.1, -0.05) is 0 Å². The van der Waals surface area contributed by atoms with Crippen molar-refractivity contribution >= 4 is 39.0 Å². The molecule has 2 aliphatic rings. The number of morpholine rings is 1. The van der Waals surface area contributed by atoms with Gasteiger partial charge in [-0.15, -0.1) is 11.3 Å². The maximum absolute atomic E-state index is 5.43. The van der Waals surface area contributed by atoms with Crippen molar-refractivity contribution < 1.29 is 4.74 Å². The predicted octanol–water partition coefficient (Wildman–Crippen LogP) is 3.24. The van der Waals surface area contributed by atoms with Crippen LogP contribution in [0.5, 0.6) is 0 Å². The Bertz CT molecular complexity index is 743. The Kier molecular flexibility index (Phi) is 6.27. The van der Waals surface area contributed by atoms with Crippen molar-refractivity contribution in [3.8, 4) is 0 Å². The van der Waals surface area contributed by atoms with Crippen LogP contribution in [0.25, 0.3) is 0 Å². The minimum absolute atomic E-state index is 0.531. The number of thiophene rings is 1. The van der Waals surface area contributed by atoms with Gasteiger partial charge in [-0.05, 0) is 40.9 Å². The second-order valence-electron chi connectivity index (χ2n) is 7.16. The molecule has 6 nitrogen and oxygen atoms in total. The van der Waals surface area contributed by atoms with Crippen LogP contribution in [0, 0.1) is 0 Å². The van der Waals surface area contributed by atoms with E-state index in [4.69, 9.17) is 9.72 Å². The van der Waals surface area contributed by atoms with Crippen LogP contribution < -0.4 is 9.80 Å². The summed E-state index contributed by atoms with van der Waals surface area (Å²) >= 11 is 5.38. The molecule has 146 valence electrons. The van der Waals surface area contributed by atoms with Crippen molar-refractivity contribution in [3.63, 3.8) is 0 Å². The number of hydrogen-bond donors (Lipinski definition) is 0. The summed E-state index contributed by atoms with van der Waals surface area (Å²) in [6.45, 7) is 6.55. The molecular formula is C19H26BrN5OS. The van der Waals surface area contributed by atoms with Gasteiger partial charge in [0.1, 0.15) is 5.82 Å². The first-order valence-electron chi connectivity index (χ1n) is 9.53. The normalized spacial score (nSPS) is 19.4. The molecule has 0 saturated carbocycles. The highest BCUT2D eigenvalue weighted by atomic mass is 79.9. The Hall–Kier alpha value is -1.22. The van der Waals surface area contributed by atoms with Gasteiger partial charge in [0.25, 0.3) is 0 Å². The predicted molar refractivity (Wildman–Crippen MR) is 114 cm³/mol. The lowest BCUT2D eigenvalue weighted by Crippen LogP contribution is -2.43. The van der Waals surface area contributed by atoms with Gasteiger partial charge in [-0.2, -0.15) is 4.98 Å². The average molecular weight is 452 g/mol. The largest absolute Gasteiger partial charge is 0.378 e. The third-order valence-electron chi connectivity index (χ3n) is 5.39. The van der Waals surface area contributed by atoms with E-state index in [2.05, 4.69) is 54.1 Å². The Morgan fingerprint density at radius 2 is 2.04 bits per heavy atom. The maximum Gasteiger partial charge on any atom is 0.227 e. The lowest BCUT2D eigenvalue weighted by atomic mass is 10.0. The molecule has 2 aromatic rings. The first-order valence-corrected chi connectivity index (χ1v) is 11.2. The highest BCUT2D eigenvalue weighted by Gasteiger charge is 2.24. The molecule has 2 aromatic heterocycles. The van der Waals surface area contributed by atoms with Gasteiger partial charge in [0.15, 0.2) is 0 Å². The van der Waals surface area contributed by atoms with Crippen LogP contribution in [0.1, 0.15) is 17.7 Å². The molecule has 4 rings (SSSR count). The quantitative estimate of drug-likeness (QED) is 0.694. The van der Waals surface area contributed by atoms with E-state index in [0.717, 1.165) is 57.7 Å². The summed E-state index contributed by atoms with van der Waals surface area (Å²) < 4.78 is 6.63. The van der Waals surface area contributed by atoms with Crippen LogP contribution in [-0.2, 0) is 11.3 Å². The van der Waals surface area contributed by atoms with E-state index in [1.807, 2.05) is 23.6 Å². The van der Waals surface area contributed by atoms with E-state index in [9.17, 15) is 0 Å². The lowest BCUT2D eigenvalue weighted by molar-refractivity contribution is 0.122. The average Bonchev–Trinajstić information content (AvgIpc) is 3.13. The van der Waals surface area contributed by atoms with Gasteiger partial charge in [-0.3, -0.25) is 4.90 Å². The van der Waals surface area contributed by atoms with Crippen LogP contribution in [0.4, 0.5) is 11.8 Å². The number of likely N-dealkylation sites (tertiary alicyclic amines) is 1. The van der Waals surface area contributed by atoms with E-state index in [1.54, 1.807) is 0 Å². The number of piperidine rings is 1. The van der Waals surface area contributed by atoms with E-state index >= 15 is 0 Å². The fraction of sp³-hybridized carbons (Fsp3) is 0.579. The highest BCUT2D eigenvalue weighted by molar-refractivity contribution is 9.10. The zero-order valence-corrected chi connectivity index (χ0v) is 18.1. The maximum atomic E-state index is 5.43. The molecule has 0 unspecified atom stereocenters. The molecule has 8 heteroatoms. The second-order valence-corrected chi connectivity index (χ2v) is 9.08. The monoisotopic (exact) mass is 451 g/mol. The fourth-order valence-corrected chi connectivity index (χ4v) is 5.25. The Labute approximate surface area is 173 Å². The first-order chi connectivity index (χ1) is 13.2. The molecule has 4 heterocycles. The summed E-state index contributed by atoms with van der Waals surface area (Å²) in [6, 6.07) is 4.79. The van der Waals surface area contributed by atoms with Crippen LogP contribution in [0.3, 0.4) is 0 Å². The molecular weight excluding hydrogens is 426 g/mol. The topological polar surface area (TPSA) is 44.7 Å². The first kappa shape index (κ1) is 19.1. The van der Waals surface area contributed by atoms with Gasteiger partial charge in [0, 0.05) is 66.7 Å². The zero-order chi connectivity index (χ0) is 18.6. The van der Waals surface area contributed by atoms with Gasteiger partial charge in [0.05, 0.1) is 13.2 Å². The standard InChI is InChI=1S/C19H26BrN5OS/c1-23(18-2-5-21-19(22-18)25-8-10-26-11-9-25)16-3-6-24(7-4-16)13-17-12-15(20)14-27-17/h2,5,12,14,16H,3-4,6-11,13H2,1H3. The molecule has 0 bridgehead atoms. The summed E-state index contributed by atoms with van der Waals surface area (Å²) in [5.41, 5.74) is 0. The van der Waals surface area contributed by atoms with Crippen LogP contribution in [0.15, 0.2) is 28.2 Å². The zero-order valence-electron chi connectivity index (χ0n) is 15.7. The van der Waals surface area contributed by atoms with Crippen molar-refractivity contribution in [2.45, 2.75) is 25.4 Å². The smallest absolute Gasteiger partial charge is 0.227 e. The molecule has 0 aromatic carbocycles. The molecule has 2 aliphatic heterocycles. The number of ether oxygens (including phenoxy) is 1. The summed E-state index contributed by atoms with van der Waals surface area (Å²) in [5.74, 6) is 1.84. The van der Waals surface area contributed by atoms with Crippen molar-refractivity contribution in [2.24, 2.45) is 0 Å². The number of halogens is 1. The minimum Gasteiger partial charge on any atom is -0.378 e. The molecule has 27 heavy (non-hydrogen) atoms. The van der Waals surface area contributed by atoms with Gasteiger partial charge in [0.2, 0.25) is 5.95 Å². The number of rotatable bonds is 5. The van der Waals surface area contributed by atoms with E-state index in [-0.39, 0.29) is 0 Å². The third-order valence-corrected chi connectivity index (χ3v) is 7.07. The van der Waals surface area contributed by atoms with Crippen molar-refractivity contribution in [3.05, 3.63) is 33.1 Å². The molecule has 0 aliphatic carbocycles. The molecule has 0 atom stereocenters. The molecule has 2 fully saturated rings. The number of hydrogen-bond acceptors (Lipinski definition) is 7. The van der Waals surface area contributed by atoms with Crippen molar-refractivity contribution in [2.75, 3.05) is 56.2 Å². The van der Waals surface area contributed by atoms with E-state index < -0.39 is 0 Å². The van der Waals surface area contributed by atoms with Crippen LogP contribution in [-0.4, -0.2) is 67.4 Å². The van der Waals surface area contributed by atoms with Crippen LogP contribution in [0.2, 0.25) is 0 Å². The highest BCUT2D eigenvalue weighted by Crippen LogP contribution is 2.25. The Morgan fingerprint density at radius 1 is 1.26 bits per heavy atom.